The van der Waals surface area contributed by atoms with Gasteiger partial charge in [0.25, 0.3) is 0 Å². The van der Waals surface area contributed by atoms with Gasteiger partial charge < -0.3 is 9.47 Å². The second-order valence-corrected chi connectivity index (χ2v) is 5.73. The fourth-order valence-electron chi connectivity index (χ4n) is 2.77. The fourth-order valence-corrected chi connectivity index (χ4v) is 3.50. The van der Waals surface area contributed by atoms with Gasteiger partial charge in [-0.3, -0.25) is 11.3 Å². The van der Waals surface area contributed by atoms with Crippen LogP contribution in [0.5, 0.6) is 0 Å². The number of rotatable bonds is 4. The van der Waals surface area contributed by atoms with Crippen molar-refractivity contribution in [3.8, 4) is 0 Å². The van der Waals surface area contributed by atoms with Crippen LogP contribution in [0.3, 0.4) is 0 Å². The smallest absolute Gasteiger partial charge is 0.0939 e. The highest BCUT2D eigenvalue weighted by Crippen LogP contribution is 2.37. The molecule has 5 heteroatoms. The maximum atomic E-state index is 5.93. The Morgan fingerprint density at radius 2 is 2.44 bits per heavy atom. The van der Waals surface area contributed by atoms with Crippen molar-refractivity contribution < 1.29 is 9.47 Å². The van der Waals surface area contributed by atoms with Gasteiger partial charge in [-0.15, -0.1) is 0 Å². The molecule has 2 rings (SSSR count). The van der Waals surface area contributed by atoms with Crippen LogP contribution in [0.15, 0.2) is 0 Å². The first-order chi connectivity index (χ1) is 7.79. The van der Waals surface area contributed by atoms with Gasteiger partial charge in [0.15, 0.2) is 0 Å². The minimum absolute atomic E-state index is 0.00355. The second-order valence-electron chi connectivity index (χ2n) is 4.82. The van der Waals surface area contributed by atoms with Crippen molar-refractivity contribution in [1.29, 1.82) is 0 Å². The Bertz CT molecular complexity index is 222. The molecule has 0 aromatic rings. The van der Waals surface area contributed by atoms with E-state index in [0.29, 0.717) is 12.0 Å². The molecule has 0 bridgehead atoms. The van der Waals surface area contributed by atoms with E-state index < -0.39 is 0 Å². The van der Waals surface area contributed by atoms with Crippen molar-refractivity contribution in [2.24, 2.45) is 11.8 Å². The molecule has 0 aliphatic carbocycles. The predicted molar refractivity (Wildman–Crippen MR) is 66.3 cm³/mol. The molecule has 4 nitrogen and oxygen atoms in total. The zero-order valence-corrected chi connectivity index (χ0v) is 10.7. The van der Waals surface area contributed by atoms with Crippen molar-refractivity contribution in [3.05, 3.63) is 0 Å². The summed E-state index contributed by atoms with van der Waals surface area (Å²) in [6.45, 7) is 2.45. The third kappa shape index (κ3) is 2.71. The van der Waals surface area contributed by atoms with E-state index in [4.69, 9.17) is 15.3 Å². The maximum absolute atomic E-state index is 5.93. The van der Waals surface area contributed by atoms with Crippen LogP contribution in [0, 0.1) is 5.92 Å². The highest BCUT2D eigenvalue weighted by Gasteiger charge is 2.42. The first-order valence-electron chi connectivity index (χ1n) is 5.96. The third-order valence-electron chi connectivity index (χ3n) is 3.73. The van der Waals surface area contributed by atoms with Crippen LogP contribution in [-0.2, 0) is 9.47 Å². The number of nitrogens with two attached hydrogens (primary N) is 1. The molecule has 0 amide bonds. The van der Waals surface area contributed by atoms with Gasteiger partial charge in [0, 0.05) is 31.4 Å². The first kappa shape index (κ1) is 12.6. The molecule has 0 aromatic heterocycles. The number of hydrogen-bond donors (Lipinski definition) is 2. The van der Waals surface area contributed by atoms with Gasteiger partial charge in [-0.1, -0.05) is 0 Å². The Labute approximate surface area is 102 Å². The number of hydrazine groups is 1. The topological polar surface area (TPSA) is 56.5 Å². The Morgan fingerprint density at radius 1 is 1.56 bits per heavy atom. The molecule has 1 spiro atoms. The minimum atomic E-state index is -0.00355. The van der Waals surface area contributed by atoms with E-state index >= 15 is 0 Å². The van der Waals surface area contributed by atoms with E-state index in [1.165, 1.54) is 0 Å². The van der Waals surface area contributed by atoms with Gasteiger partial charge in [0.1, 0.15) is 0 Å². The predicted octanol–water partition coefficient (Wildman–Crippen LogP) is 0.767. The summed E-state index contributed by atoms with van der Waals surface area (Å²) in [5.41, 5.74) is 2.96. The Balaban J connectivity index is 1.94. The van der Waals surface area contributed by atoms with Gasteiger partial charge in [-0.05, 0) is 25.0 Å². The van der Waals surface area contributed by atoms with Crippen molar-refractivity contribution in [3.63, 3.8) is 0 Å². The molecule has 0 aromatic carbocycles. The summed E-state index contributed by atoms with van der Waals surface area (Å²) in [7, 11) is 0. The SMILES string of the molecule is CSCC(NN)C1CCOC2(CCOC2)C1. The van der Waals surface area contributed by atoms with Crippen molar-refractivity contribution in [1.82, 2.24) is 5.43 Å². The molecule has 94 valence electrons. The van der Waals surface area contributed by atoms with E-state index in [1.807, 2.05) is 11.8 Å². The molecular formula is C11H22N2O2S. The van der Waals surface area contributed by atoms with Gasteiger partial charge in [-0.2, -0.15) is 11.8 Å². The third-order valence-corrected chi connectivity index (χ3v) is 4.42. The summed E-state index contributed by atoms with van der Waals surface area (Å²) >= 11 is 1.84. The van der Waals surface area contributed by atoms with Crippen LogP contribution in [0.25, 0.3) is 0 Å². The Morgan fingerprint density at radius 3 is 3.06 bits per heavy atom. The van der Waals surface area contributed by atoms with Gasteiger partial charge in [0.2, 0.25) is 0 Å². The van der Waals surface area contributed by atoms with Gasteiger partial charge in [0.05, 0.1) is 12.2 Å². The minimum Gasteiger partial charge on any atom is -0.378 e. The standard InChI is InChI=1S/C11H22N2O2S/c1-16-7-10(13-12)9-2-4-15-11(6-9)3-5-14-8-11/h9-10,13H,2-8,12H2,1H3. The van der Waals surface area contributed by atoms with Crippen LogP contribution in [-0.4, -0.2) is 43.5 Å². The van der Waals surface area contributed by atoms with Crippen LogP contribution in [0.2, 0.25) is 0 Å². The lowest BCUT2D eigenvalue weighted by atomic mass is 9.82. The Hall–Kier alpha value is 0.190. The van der Waals surface area contributed by atoms with Crippen LogP contribution < -0.4 is 11.3 Å². The molecular weight excluding hydrogens is 224 g/mol. The van der Waals surface area contributed by atoms with Crippen molar-refractivity contribution in [2.75, 3.05) is 31.8 Å². The van der Waals surface area contributed by atoms with E-state index in [9.17, 15) is 0 Å². The fraction of sp³-hybridized carbons (Fsp3) is 1.00. The molecule has 0 radical (unpaired) electrons. The molecule has 2 fully saturated rings. The zero-order chi connectivity index (χ0) is 11.4. The van der Waals surface area contributed by atoms with Crippen molar-refractivity contribution >= 4 is 11.8 Å². The molecule has 3 N–H and O–H groups in total. The molecule has 3 atom stereocenters. The number of hydrogen-bond acceptors (Lipinski definition) is 5. The lowest BCUT2D eigenvalue weighted by molar-refractivity contribution is -0.102. The first-order valence-corrected chi connectivity index (χ1v) is 7.36. The number of thioether (sulfide) groups is 1. The van der Waals surface area contributed by atoms with Crippen LogP contribution >= 0.6 is 11.8 Å². The number of nitrogens with one attached hydrogen (secondary N) is 1. The average molecular weight is 246 g/mol. The molecule has 2 saturated heterocycles. The summed E-state index contributed by atoms with van der Waals surface area (Å²) in [6.07, 6.45) is 5.36. The largest absolute Gasteiger partial charge is 0.378 e. The number of ether oxygens (including phenoxy) is 2. The second kappa shape index (κ2) is 5.69. The van der Waals surface area contributed by atoms with E-state index in [1.54, 1.807) is 0 Å². The summed E-state index contributed by atoms with van der Waals surface area (Å²) in [5.74, 6) is 7.33. The summed E-state index contributed by atoms with van der Waals surface area (Å²) in [4.78, 5) is 0. The molecule has 0 saturated carbocycles. The lowest BCUT2D eigenvalue weighted by Gasteiger charge is -2.40. The highest BCUT2D eigenvalue weighted by molar-refractivity contribution is 7.98. The molecule has 16 heavy (non-hydrogen) atoms. The zero-order valence-electron chi connectivity index (χ0n) is 9.91. The van der Waals surface area contributed by atoms with Crippen LogP contribution in [0.4, 0.5) is 0 Å². The molecule has 3 unspecified atom stereocenters. The Kier molecular flexibility index (Phi) is 4.49. The highest BCUT2D eigenvalue weighted by atomic mass is 32.2. The quantitative estimate of drug-likeness (QED) is 0.567. The lowest BCUT2D eigenvalue weighted by Crippen LogP contribution is -2.50. The van der Waals surface area contributed by atoms with Crippen molar-refractivity contribution in [2.45, 2.75) is 30.9 Å². The summed E-state index contributed by atoms with van der Waals surface area (Å²) in [5, 5.41) is 0. The summed E-state index contributed by atoms with van der Waals surface area (Å²) in [6, 6.07) is 0.399. The monoisotopic (exact) mass is 246 g/mol. The summed E-state index contributed by atoms with van der Waals surface area (Å²) < 4.78 is 11.4. The van der Waals surface area contributed by atoms with Gasteiger partial charge in [-0.25, -0.2) is 0 Å². The van der Waals surface area contributed by atoms with Crippen LogP contribution in [0.1, 0.15) is 19.3 Å². The van der Waals surface area contributed by atoms with Gasteiger partial charge >= 0.3 is 0 Å². The molecule has 2 aliphatic heterocycles. The van der Waals surface area contributed by atoms with E-state index in [0.717, 1.165) is 44.8 Å². The molecule has 2 aliphatic rings. The average Bonchev–Trinajstić information content (AvgIpc) is 2.74. The maximum Gasteiger partial charge on any atom is 0.0939 e. The van der Waals surface area contributed by atoms with E-state index in [2.05, 4.69) is 11.7 Å². The van der Waals surface area contributed by atoms with E-state index in [-0.39, 0.29) is 5.60 Å². The normalized spacial score (nSPS) is 36.8. The molecule has 2 heterocycles.